The third kappa shape index (κ3) is 3.51. The molecule has 0 saturated heterocycles. The molecular weight excluding hydrogens is 275 g/mol. The summed E-state index contributed by atoms with van der Waals surface area (Å²) in [7, 11) is 0. The molecule has 1 aromatic heterocycles. The Balaban J connectivity index is 2.93. The van der Waals surface area contributed by atoms with E-state index in [9.17, 15) is 18.0 Å². The van der Waals surface area contributed by atoms with Gasteiger partial charge in [-0.3, -0.25) is 4.79 Å². The van der Waals surface area contributed by atoms with E-state index >= 15 is 0 Å². The molecule has 2 N–H and O–H groups in total. The average Bonchev–Trinajstić information content (AvgIpc) is 2.84. The van der Waals surface area contributed by atoms with Gasteiger partial charge in [0.25, 0.3) is 5.91 Å². The van der Waals surface area contributed by atoms with Crippen molar-refractivity contribution in [2.24, 2.45) is 5.73 Å². The van der Waals surface area contributed by atoms with Crippen LogP contribution in [0.15, 0.2) is 22.8 Å². The molecule has 0 radical (unpaired) electrons. The Morgan fingerprint density at radius 2 is 2.20 bits per heavy atom. The maximum absolute atomic E-state index is 12.8. The monoisotopic (exact) mass is 289 g/mol. The predicted molar refractivity (Wildman–Crippen MR) is 63.0 cm³/mol. The van der Waals surface area contributed by atoms with Gasteiger partial charge in [0.05, 0.1) is 25.3 Å². The van der Waals surface area contributed by atoms with E-state index in [4.69, 9.17) is 15.4 Å². The minimum Gasteiger partial charge on any atom is -0.467 e. The minimum atomic E-state index is -4.88. The fourth-order valence-electron chi connectivity index (χ4n) is 1.48. The molecule has 0 aliphatic rings. The van der Waals surface area contributed by atoms with E-state index in [1.165, 1.54) is 12.3 Å². The molecule has 1 atom stereocenters. The first-order valence-corrected chi connectivity index (χ1v) is 5.74. The number of alkyl halides is 3. The quantitative estimate of drug-likeness (QED) is 0.896. The lowest BCUT2D eigenvalue weighted by Gasteiger charge is -2.32. The zero-order valence-electron chi connectivity index (χ0n) is 10.8. The van der Waals surface area contributed by atoms with Crippen LogP contribution in [-0.4, -0.2) is 29.1 Å². The van der Waals surface area contributed by atoms with Crippen LogP contribution in [0.1, 0.15) is 19.1 Å². The van der Waals surface area contributed by atoms with Gasteiger partial charge < -0.3 is 15.1 Å². The van der Waals surface area contributed by atoms with E-state index in [2.05, 4.69) is 0 Å². The summed E-state index contributed by atoms with van der Waals surface area (Å²) in [5.41, 5.74) is 2.10. The highest BCUT2D eigenvalue weighted by Gasteiger charge is 2.55. The van der Waals surface area contributed by atoms with Crippen molar-refractivity contribution in [2.75, 3.05) is 6.54 Å². The molecule has 1 aromatic rings. The highest BCUT2D eigenvalue weighted by atomic mass is 19.4. The molecule has 1 heterocycles. The van der Waals surface area contributed by atoms with E-state index in [1.54, 1.807) is 12.1 Å². The number of hydrogen-bond donors (Lipinski definition) is 1. The zero-order valence-corrected chi connectivity index (χ0v) is 10.8. The number of halogens is 3. The standard InChI is InChI=1S/C12H14F3N3O2/c1-11(17,12(13,14)15)10(19)18(6-3-5-16)8-9-4-2-7-20-9/h2,4,7H,3,6,8,17H2,1H3. The van der Waals surface area contributed by atoms with E-state index in [1.807, 2.05) is 0 Å². The van der Waals surface area contributed by atoms with Crippen molar-refractivity contribution >= 4 is 5.91 Å². The van der Waals surface area contributed by atoms with E-state index in [-0.39, 0.29) is 19.5 Å². The lowest BCUT2D eigenvalue weighted by atomic mass is 10.0. The molecule has 8 heteroatoms. The Morgan fingerprint density at radius 1 is 1.55 bits per heavy atom. The van der Waals surface area contributed by atoms with Crippen LogP contribution in [0, 0.1) is 11.3 Å². The highest BCUT2D eigenvalue weighted by molar-refractivity contribution is 5.86. The molecule has 0 aliphatic heterocycles. The third-order valence-corrected chi connectivity index (χ3v) is 2.74. The molecule has 1 unspecified atom stereocenters. The van der Waals surface area contributed by atoms with E-state index in [0.717, 1.165) is 4.90 Å². The zero-order chi connectivity index (χ0) is 15.4. The van der Waals surface area contributed by atoms with Gasteiger partial charge in [0.15, 0.2) is 5.54 Å². The predicted octanol–water partition coefficient (Wildman–Crippen LogP) is 1.80. The number of nitriles is 1. The van der Waals surface area contributed by atoms with Gasteiger partial charge in [-0.1, -0.05) is 0 Å². The van der Waals surface area contributed by atoms with Crippen LogP contribution in [0.25, 0.3) is 0 Å². The second-order valence-corrected chi connectivity index (χ2v) is 4.41. The highest BCUT2D eigenvalue weighted by Crippen LogP contribution is 2.30. The largest absolute Gasteiger partial charge is 0.467 e. The number of carbonyl (C=O) groups is 1. The summed E-state index contributed by atoms with van der Waals surface area (Å²) in [5.74, 6) is -0.981. The van der Waals surface area contributed by atoms with Crippen LogP contribution < -0.4 is 5.73 Å². The number of nitrogens with two attached hydrogens (primary N) is 1. The van der Waals surface area contributed by atoms with Crippen LogP contribution in [-0.2, 0) is 11.3 Å². The normalized spacial score (nSPS) is 14.4. The summed E-state index contributed by atoms with van der Waals surface area (Å²) < 4.78 is 43.3. The number of nitrogens with zero attached hydrogens (tertiary/aromatic N) is 2. The number of carbonyl (C=O) groups excluding carboxylic acids is 1. The molecule has 1 amide bonds. The lowest BCUT2D eigenvalue weighted by molar-refractivity contribution is -0.194. The first-order chi connectivity index (χ1) is 9.20. The maximum Gasteiger partial charge on any atom is 0.415 e. The van der Waals surface area contributed by atoms with Crippen molar-refractivity contribution < 1.29 is 22.4 Å². The summed E-state index contributed by atoms with van der Waals surface area (Å²) in [4.78, 5) is 12.8. The summed E-state index contributed by atoms with van der Waals surface area (Å²) in [6, 6.07) is 4.85. The molecule has 0 spiro atoms. The summed E-state index contributed by atoms with van der Waals surface area (Å²) in [6.45, 7) is 0.284. The lowest BCUT2D eigenvalue weighted by Crippen LogP contribution is -2.62. The van der Waals surface area contributed by atoms with Crippen LogP contribution >= 0.6 is 0 Å². The van der Waals surface area contributed by atoms with Gasteiger partial charge in [0.1, 0.15) is 5.76 Å². The van der Waals surface area contributed by atoms with Crippen molar-refractivity contribution in [3.05, 3.63) is 24.2 Å². The Morgan fingerprint density at radius 3 is 2.65 bits per heavy atom. The molecule has 110 valence electrons. The van der Waals surface area contributed by atoms with E-state index in [0.29, 0.717) is 12.7 Å². The Kier molecular flexibility index (Phi) is 4.78. The van der Waals surface area contributed by atoms with Crippen molar-refractivity contribution in [1.29, 1.82) is 5.26 Å². The Bertz CT molecular complexity index is 489. The van der Waals surface area contributed by atoms with Crippen LogP contribution in [0.5, 0.6) is 0 Å². The Hall–Kier alpha value is -2.01. The second kappa shape index (κ2) is 5.96. The molecule has 1 rings (SSSR count). The number of amides is 1. The fraction of sp³-hybridized carbons (Fsp3) is 0.500. The minimum absolute atomic E-state index is 0.0968. The second-order valence-electron chi connectivity index (χ2n) is 4.41. The molecule has 0 saturated carbocycles. The molecule has 0 bridgehead atoms. The fourth-order valence-corrected chi connectivity index (χ4v) is 1.48. The molecule has 0 fully saturated rings. The van der Waals surface area contributed by atoms with Gasteiger partial charge in [0.2, 0.25) is 0 Å². The average molecular weight is 289 g/mol. The third-order valence-electron chi connectivity index (χ3n) is 2.74. The first-order valence-electron chi connectivity index (χ1n) is 5.74. The maximum atomic E-state index is 12.8. The van der Waals surface area contributed by atoms with Crippen molar-refractivity contribution in [3.63, 3.8) is 0 Å². The molecule has 20 heavy (non-hydrogen) atoms. The van der Waals surface area contributed by atoms with Gasteiger partial charge in [-0.05, 0) is 19.1 Å². The number of hydrogen-bond acceptors (Lipinski definition) is 4. The Labute approximate surface area is 113 Å². The van der Waals surface area contributed by atoms with Crippen molar-refractivity contribution in [2.45, 2.75) is 31.6 Å². The SMILES string of the molecule is CC(N)(C(=O)N(CCC#N)Cc1ccco1)C(F)(F)F. The van der Waals surface area contributed by atoms with Gasteiger partial charge in [-0.2, -0.15) is 18.4 Å². The summed E-state index contributed by atoms with van der Waals surface area (Å²) in [5, 5.41) is 8.52. The topological polar surface area (TPSA) is 83.3 Å². The molecule has 0 aliphatic carbocycles. The van der Waals surface area contributed by atoms with Gasteiger partial charge in [-0.25, -0.2) is 0 Å². The summed E-state index contributed by atoms with van der Waals surface area (Å²) in [6.07, 6.45) is -3.63. The van der Waals surface area contributed by atoms with Crippen molar-refractivity contribution in [3.8, 4) is 6.07 Å². The van der Waals surface area contributed by atoms with Crippen LogP contribution in [0.3, 0.4) is 0 Å². The van der Waals surface area contributed by atoms with Crippen LogP contribution in [0.4, 0.5) is 13.2 Å². The van der Waals surface area contributed by atoms with Gasteiger partial charge >= 0.3 is 6.18 Å². The summed E-state index contributed by atoms with van der Waals surface area (Å²) >= 11 is 0. The van der Waals surface area contributed by atoms with Gasteiger partial charge in [0, 0.05) is 6.54 Å². The number of rotatable bonds is 5. The molecule has 5 nitrogen and oxygen atoms in total. The molecule has 0 aromatic carbocycles. The first kappa shape index (κ1) is 16.0. The number of furan rings is 1. The molecular formula is C12H14F3N3O2. The van der Waals surface area contributed by atoms with Gasteiger partial charge in [-0.15, -0.1) is 0 Å². The smallest absolute Gasteiger partial charge is 0.415 e. The van der Waals surface area contributed by atoms with E-state index < -0.39 is 17.6 Å². The van der Waals surface area contributed by atoms with Crippen molar-refractivity contribution in [1.82, 2.24) is 4.90 Å². The van der Waals surface area contributed by atoms with Crippen LogP contribution in [0.2, 0.25) is 0 Å².